The fourth-order valence-electron chi connectivity index (χ4n) is 4.25. The summed E-state index contributed by atoms with van der Waals surface area (Å²) in [5.41, 5.74) is 1.64. The lowest BCUT2D eigenvalue weighted by atomic mass is 9.81. The molecule has 6 heteroatoms. The molecule has 24 heavy (non-hydrogen) atoms. The molecule has 1 atom stereocenters. The minimum Gasteiger partial charge on any atom is -0.339 e. The average molecular weight is 323 g/mol. The molecule has 0 bridgehead atoms. The van der Waals surface area contributed by atoms with Crippen LogP contribution in [0.15, 0.2) is 24.3 Å². The van der Waals surface area contributed by atoms with E-state index in [9.17, 15) is 4.79 Å². The summed E-state index contributed by atoms with van der Waals surface area (Å²) in [5.74, 6) is 2.74. The smallest absolute Gasteiger partial charge is 0.236 e. The van der Waals surface area contributed by atoms with Crippen molar-refractivity contribution in [3.8, 4) is 0 Å². The molecule has 5 rings (SSSR count). The highest BCUT2D eigenvalue weighted by atomic mass is 16.2. The number of fused-ring (bicyclic) bond motifs is 2. The number of amides is 1. The minimum absolute atomic E-state index is 0.121. The third-order valence-electron chi connectivity index (χ3n) is 5.70. The monoisotopic (exact) mass is 323 g/mol. The van der Waals surface area contributed by atoms with Crippen molar-refractivity contribution in [2.24, 2.45) is 0 Å². The number of hydrogen-bond acceptors (Lipinski definition) is 4. The fraction of sp³-hybridized carbons (Fsp3) is 0.500. The van der Waals surface area contributed by atoms with Gasteiger partial charge >= 0.3 is 0 Å². The second kappa shape index (κ2) is 4.82. The van der Waals surface area contributed by atoms with E-state index in [1.807, 2.05) is 18.2 Å². The zero-order valence-corrected chi connectivity index (χ0v) is 13.8. The van der Waals surface area contributed by atoms with Crippen molar-refractivity contribution in [2.45, 2.75) is 44.1 Å². The quantitative estimate of drug-likeness (QED) is 0.941. The van der Waals surface area contributed by atoms with E-state index in [1.54, 1.807) is 0 Å². The molecule has 1 unspecified atom stereocenters. The Kier molecular flexibility index (Phi) is 2.81. The van der Waals surface area contributed by atoms with Gasteiger partial charge in [0.05, 0.1) is 5.41 Å². The van der Waals surface area contributed by atoms with E-state index in [-0.39, 0.29) is 5.91 Å². The van der Waals surface area contributed by atoms with E-state index in [4.69, 9.17) is 0 Å². The van der Waals surface area contributed by atoms with E-state index in [0.29, 0.717) is 12.5 Å². The van der Waals surface area contributed by atoms with Gasteiger partial charge in [-0.05, 0) is 37.8 Å². The number of nitrogens with one attached hydrogen (secondary N) is 1. The lowest BCUT2D eigenvalue weighted by Gasteiger charge is -2.23. The normalized spacial score (nSPS) is 25.4. The molecule has 6 nitrogen and oxygen atoms in total. The summed E-state index contributed by atoms with van der Waals surface area (Å²) in [5, 5.41) is 12.0. The van der Waals surface area contributed by atoms with Crippen molar-refractivity contribution in [2.75, 3.05) is 23.3 Å². The van der Waals surface area contributed by atoms with Crippen LogP contribution in [0.25, 0.3) is 0 Å². The van der Waals surface area contributed by atoms with E-state index >= 15 is 0 Å². The van der Waals surface area contributed by atoms with E-state index in [0.717, 1.165) is 42.5 Å². The van der Waals surface area contributed by atoms with Crippen LogP contribution in [0.3, 0.4) is 0 Å². The molecule has 1 saturated heterocycles. The average Bonchev–Trinajstić information content (AvgIpc) is 3.10. The van der Waals surface area contributed by atoms with Gasteiger partial charge in [-0.15, -0.1) is 10.2 Å². The summed E-state index contributed by atoms with van der Waals surface area (Å²) < 4.78 is 2.23. The van der Waals surface area contributed by atoms with Crippen molar-refractivity contribution in [3.05, 3.63) is 35.7 Å². The number of hydrogen-bond donors (Lipinski definition) is 1. The van der Waals surface area contributed by atoms with Gasteiger partial charge in [0.25, 0.3) is 0 Å². The Labute approximate surface area is 140 Å². The third kappa shape index (κ3) is 1.79. The van der Waals surface area contributed by atoms with Crippen molar-refractivity contribution < 1.29 is 4.79 Å². The molecule has 2 aliphatic heterocycles. The molecular formula is C18H21N5O. The molecule has 2 fully saturated rings. The van der Waals surface area contributed by atoms with Crippen LogP contribution in [-0.4, -0.2) is 33.8 Å². The maximum Gasteiger partial charge on any atom is 0.236 e. The summed E-state index contributed by atoms with van der Waals surface area (Å²) in [6, 6.07) is 8.06. The Bertz CT molecular complexity index is 825. The maximum atomic E-state index is 12.7. The third-order valence-corrected chi connectivity index (χ3v) is 5.70. The molecule has 1 aromatic carbocycles. The standard InChI is InChI=1S/C18H21N5O/c1-2-23-15(12-7-8-12)20-21-17(23)22-10-9-18(11-22)13-5-3-4-6-14(13)19-16(18)24/h3-6,12H,2,7-11H2,1H3,(H,19,24). The SMILES string of the molecule is CCn1c(C2CC2)nnc1N1CCC2(C1)C(=O)Nc1ccccc12. The Balaban J connectivity index is 1.51. The summed E-state index contributed by atoms with van der Waals surface area (Å²) in [6.07, 6.45) is 3.26. The molecule has 2 aromatic rings. The Morgan fingerprint density at radius 2 is 2.12 bits per heavy atom. The minimum atomic E-state index is -0.444. The van der Waals surface area contributed by atoms with Crippen molar-refractivity contribution in [1.29, 1.82) is 0 Å². The van der Waals surface area contributed by atoms with Gasteiger partial charge in [0.15, 0.2) is 0 Å². The highest BCUT2D eigenvalue weighted by molar-refractivity contribution is 6.07. The molecule has 1 amide bonds. The maximum absolute atomic E-state index is 12.7. The summed E-state index contributed by atoms with van der Waals surface area (Å²) in [6.45, 7) is 4.53. The van der Waals surface area contributed by atoms with Crippen LogP contribution in [-0.2, 0) is 16.8 Å². The number of benzene rings is 1. The van der Waals surface area contributed by atoms with Crippen LogP contribution in [0.5, 0.6) is 0 Å². The Morgan fingerprint density at radius 3 is 2.92 bits per heavy atom. The summed E-state index contributed by atoms with van der Waals surface area (Å²) >= 11 is 0. The first-order valence-electron chi connectivity index (χ1n) is 8.82. The van der Waals surface area contributed by atoms with Gasteiger partial charge in [-0.25, -0.2) is 0 Å². The van der Waals surface area contributed by atoms with Gasteiger partial charge in [-0.3, -0.25) is 9.36 Å². The molecule has 1 aliphatic carbocycles. The second-order valence-corrected chi connectivity index (χ2v) is 7.13. The number of para-hydroxylation sites is 1. The molecule has 1 saturated carbocycles. The van der Waals surface area contributed by atoms with Crippen molar-refractivity contribution >= 4 is 17.5 Å². The van der Waals surface area contributed by atoms with Gasteiger partial charge in [0.2, 0.25) is 11.9 Å². The first-order chi connectivity index (χ1) is 11.7. The van der Waals surface area contributed by atoms with Crippen molar-refractivity contribution in [1.82, 2.24) is 14.8 Å². The zero-order valence-electron chi connectivity index (χ0n) is 13.8. The topological polar surface area (TPSA) is 63.1 Å². The highest BCUT2D eigenvalue weighted by Gasteiger charge is 2.51. The van der Waals surface area contributed by atoms with Crippen LogP contribution >= 0.6 is 0 Å². The first-order valence-corrected chi connectivity index (χ1v) is 8.82. The molecule has 3 heterocycles. The number of aromatic nitrogens is 3. The van der Waals surface area contributed by atoms with Crippen LogP contribution in [0.4, 0.5) is 11.6 Å². The Hall–Kier alpha value is -2.37. The molecular weight excluding hydrogens is 302 g/mol. The first kappa shape index (κ1) is 14.0. The van der Waals surface area contributed by atoms with Gasteiger partial charge in [-0.1, -0.05) is 18.2 Å². The van der Waals surface area contributed by atoms with Crippen molar-refractivity contribution in [3.63, 3.8) is 0 Å². The van der Waals surface area contributed by atoms with Crippen LogP contribution < -0.4 is 10.2 Å². The molecule has 1 N–H and O–H groups in total. The summed E-state index contributed by atoms with van der Waals surface area (Å²) in [4.78, 5) is 15.0. The zero-order chi connectivity index (χ0) is 16.3. The predicted molar refractivity (Wildman–Crippen MR) is 91.3 cm³/mol. The van der Waals surface area contributed by atoms with Crippen LogP contribution in [0, 0.1) is 0 Å². The predicted octanol–water partition coefficient (Wildman–Crippen LogP) is 2.28. The summed E-state index contributed by atoms with van der Waals surface area (Å²) in [7, 11) is 0. The van der Waals surface area contributed by atoms with Gasteiger partial charge < -0.3 is 10.2 Å². The highest BCUT2D eigenvalue weighted by Crippen LogP contribution is 2.45. The lowest BCUT2D eigenvalue weighted by Crippen LogP contribution is -2.38. The number of carbonyl (C=O) groups excluding carboxylic acids is 1. The molecule has 1 aromatic heterocycles. The molecule has 3 aliphatic rings. The largest absolute Gasteiger partial charge is 0.339 e. The molecule has 1 spiro atoms. The Morgan fingerprint density at radius 1 is 1.29 bits per heavy atom. The van der Waals surface area contributed by atoms with E-state index < -0.39 is 5.41 Å². The van der Waals surface area contributed by atoms with Gasteiger partial charge in [0, 0.05) is 31.2 Å². The fourth-order valence-corrected chi connectivity index (χ4v) is 4.25. The number of nitrogens with zero attached hydrogens (tertiary/aromatic N) is 4. The van der Waals surface area contributed by atoms with Crippen LogP contribution in [0.2, 0.25) is 0 Å². The van der Waals surface area contributed by atoms with E-state index in [1.165, 1.54) is 12.8 Å². The number of carbonyl (C=O) groups is 1. The van der Waals surface area contributed by atoms with Gasteiger partial charge in [0.1, 0.15) is 5.82 Å². The van der Waals surface area contributed by atoms with Crippen LogP contribution in [0.1, 0.15) is 43.5 Å². The van der Waals surface area contributed by atoms with E-state index in [2.05, 4.69) is 38.0 Å². The number of anilines is 2. The number of rotatable bonds is 3. The second-order valence-electron chi connectivity index (χ2n) is 7.13. The lowest BCUT2D eigenvalue weighted by molar-refractivity contribution is -0.120. The molecule has 0 radical (unpaired) electrons. The van der Waals surface area contributed by atoms with Gasteiger partial charge in [-0.2, -0.15) is 0 Å². The molecule has 124 valence electrons.